The van der Waals surface area contributed by atoms with Crippen molar-refractivity contribution in [3.05, 3.63) is 12.2 Å². The second-order valence-electron chi connectivity index (χ2n) is 10.1. The van der Waals surface area contributed by atoms with E-state index in [0.717, 1.165) is 38.5 Å². The molecule has 0 aliphatic heterocycles. The van der Waals surface area contributed by atoms with E-state index in [4.69, 9.17) is 0 Å². The molecule has 0 saturated carbocycles. The van der Waals surface area contributed by atoms with Crippen LogP contribution in [0.5, 0.6) is 0 Å². The van der Waals surface area contributed by atoms with Crippen LogP contribution in [0.15, 0.2) is 12.2 Å². The molecule has 0 bridgehead atoms. The average molecular weight is 423 g/mol. The summed E-state index contributed by atoms with van der Waals surface area (Å²) in [5, 5.41) is 9.47. The van der Waals surface area contributed by atoms with E-state index in [-0.39, 0.29) is 17.8 Å². The Morgan fingerprint density at radius 2 is 1.47 bits per heavy atom. The van der Waals surface area contributed by atoms with Gasteiger partial charge < -0.3 is 5.11 Å². The summed E-state index contributed by atoms with van der Waals surface area (Å²) in [5.74, 6) is 0.202. The zero-order chi connectivity index (χ0) is 22.8. The fourth-order valence-electron chi connectivity index (χ4n) is 4.27. The van der Waals surface area contributed by atoms with E-state index in [1.54, 1.807) is 0 Å². The normalized spacial score (nSPS) is 14.2. The average Bonchev–Trinajstić information content (AvgIpc) is 2.68. The first kappa shape index (κ1) is 28.9. The van der Waals surface area contributed by atoms with Crippen molar-refractivity contribution in [2.75, 3.05) is 0 Å². The molecule has 30 heavy (non-hydrogen) atoms. The Labute approximate surface area is 187 Å². The van der Waals surface area contributed by atoms with Crippen LogP contribution in [0.1, 0.15) is 131 Å². The molecule has 0 saturated heterocycles. The van der Waals surface area contributed by atoms with Gasteiger partial charge in [-0.05, 0) is 42.9 Å². The monoisotopic (exact) mass is 422 g/mol. The molecule has 2 atom stereocenters. The van der Waals surface area contributed by atoms with Crippen LogP contribution in [0.4, 0.5) is 0 Å². The van der Waals surface area contributed by atoms with E-state index in [2.05, 4.69) is 39.8 Å². The highest BCUT2D eigenvalue weighted by Gasteiger charge is 2.32. The van der Waals surface area contributed by atoms with E-state index < -0.39 is 5.97 Å². The minimum Gasteiger partial charge on any atom is -0.481 e. The number of unbranched alkanes of at least 4 members (excludes halogenated alkanes) is 9. The summed E-state index contributed by atoms with van der Waals surface area (Å²) in [5.41, 5.74) is -0.0125. The number of carboxylic acid groups (broad SMARTS) is 1. The van der Waals surface area contributed by atoms with Crippen LogP contribution in [0.2, 0.25) is 0 Å². The van der Waals surface area contributed by atoms with Gasteiger partial charge in [-0.2, -0.15) is 0 Å². The number of carbonyl (C=O) groups is 2. The summed E-state index contributed by atoms with van der Waals surface area (Å²) < 4.78 is 0. The van der Waals surface area contributed by atoms with Gasteiger partial charge in [-0.1, -0.05) is 98.1 Å². The fraction of sp³-hybridized carbons (Fsp3) is 0.852. The van der Waals surface area contributed by atoms with Gasteiger partial charge in [0, 0.05) is 19.3 Å². The van der Waals surface area contributed by atoms with Crippen molar-refractivity contribution in [1.82, 2.24) is 0 Å². The second kappa shape index (κ2) is 17.5. The molecule has 3 nitrogen and oxygen atoms in total. The van der Waals surface area contributed by atoms with Crippen molar-refractivity contribution in [3.8, 4) is 0 Å². The quantitative estimate of drug-likeness (QED) is 0.168. The number of Topliss-reactive ketones (excluding diaryl/α,β-unsaturated/α-hetero) is 1. The van der Waals surface area contributed by atoms with Crippen LogP contribution >= 0.6 is 0 Å². The molecule has 0 rings (SSSR count). The summed E-state index contributed by atoms with van der Waals surface area (Å²) in [6.07, 6.45) is 20.5. The molecule has 0 radical (unpaired) electrons. The molecule has 176 valence electrons. The van der Waals surface area contributed by atoms with Crippen molar-refractivity contribution >= 4 is 11.8 Å². The Morgan fingerprint density at radius 3 is 2.07 bits per heavy atom. The topological polar surface area (TPSA) is 54.4 Å². The van der Waals surface area contributed by atoms with Crippen LogP contribution in [-0.2, 0) is 9.59 Å². The first-order chi connectivity index (χ1) is 14.2. The molecule has 0 spiro atoms. The predicted octanol–water partition coefficient (Wildman–Crippen LogP) is 8.37. The van der Waals surface area contributed by atoms with E-state index in [9.17, 15) is 14.7 Å². The lowest BCUT2D eigenvalue weighted by atomic mass is 9.69. The number of hydrogen-bond donors (Lipinski definition) is 1. The van der Waals surface area contributed by atoms with E-state index in [0.29, 0.717) is 18.1 Å². The van der Waals surface area contributed by atoms with Gasteiger partial charge in [0.25, 0.3) is 0 Å². The molecule has 0 fully saturated rings. The second-order valence-corrected chi connectivity index (χ2v) is 10.1. The van der Waals surface area contributed by atoms with Crippen LogP contribution in [-0.4, -0.2) is 16.9 Å². The molecule has 0 aliphatic rings. The van der Waals surface area contributed by atoms with Crippen LogP contribution < -0.4 is 0 Å². The lowest BCUT2D eigenvalue weighted by Crippen LogP contribution is -2.29. The summed E-state index contributed by atoms with van der Waals surface area (Å²) in [7, 11) is 0. The van der Waals surface area contributed by atoms with E-state index in [1.807, 2.05) is 6.92 Å². The van der Waals surface area contributed by atoms with E-state index >= 15 is 0 Å². The molecular weight excluding hydrogens is 372 g/mol. The maximum atomic E-state index is 11.5. The first-order valence-electron chi connectivity index (χ1n) is 12.6. The minimum absolute atomic E-state index is 0.0125. The maximum Gasteiger partial charge on any atom is 0.303 e. The number of hydrogen-bond acceptors (Lipinski definition) is 2. The smallest absolute Gasteiger partial charge is 0.303 e. The molecule has 0 aliphatic carbocycles. The minimum atomic E-state index is -0.683. The van der Waals surface area contributed by atoms with Gasteiger partial charge in [-0.15, -0.1) is 0 Å². The van der Waals surface area contributed by atoms with Gasteiger partial charge in [0.05, 0.1) is 0 Å². The third kappa shape index (κ3) is 15.7. The summed E-state index contributed by atoms with van der Waals surface area (Å²) in [4.78, 5) is 22.9. The van der Waals surface area contributed by atoms with Crippen molar-refractivity contribution in [2.24, 2.45) is 17.3 Å². The fourth-order valence-corrected chi connectivity index (χ4v) is 4.27. The maximum absolute atomic E-state index is 11.5. The van der Waals surface area contributed by atoms with Gasteiger partial charge in [-0.3, -0.25) is 9.59 Å². The van der Waals surface area contributed by atoms with Gasteiger partial charge in [0.1, 0.15) is 5.78 Å². The zero-order valence-electron chi connectivity index (χ0n) is 20.7. The predicted molar refractivity (Wildman–Crippen MR) is 129 cm³/mol. The number of aliphatic carboxylic acids is 1. The Hall–Kier alpha value is -1.12. The summed E-state index contributed by atoms with van der Waals surface area (Å²) >= 11 is 0. The lowest BCUT2D eigenvalue weighted by molar-refractivity contribution is -0.139. The SMILES string of the molecule is CCCCCCCCC(/C=C/CCCCCCC(=O)CC)C(CC(=O)O)C(C)(C)C. The lowest BCUT2D eigenvalue weighted by Gasteiger charge is -2.35. The highest BCUT2D eigenvalue weighted by molar-refractivity contribution is 5.77. The van der Waals surface area contributed by atoms with Gasteiger partial charge in [-0.25, -0.2) is 0 Å². The Bertz CT molecular complexity index is 473. The van der Waals surface area contributed by atoms with Crippen LogP contribution in [0, 0.1) is 17.3 Å². The number of allylic oxidation sites excluding steroid dienone is 2. The van der Waals surface area contributed by atoms with Crippen LogP contribution in [0.25, 0.3) is 0 Å². The Morgan fingerprint density at radius 1 is 0.867 bits per heavy atom. The highest BCUT2D eigenvalue weighted by atomic mass is 16.4. The van der Waals surface area contributed by atoms with Crippen molar-refractivity contribution in [1.29, 1.82) is 0 Å². The van der Waals surface area contributed by atoms with Crippen molar-refractivity contribution < 1.29 is 14.7 Å². The van der Waals surface area contributed by atoms with Crippen molar-refractivity contribution in [3.63, 3.8) is 0 Å². The number of ketones is 1. The summed E-state index contributed by atoms with van der Waals surface area (Å²) in [6, 6.07) is 0. The molecule has 0 aromatic carbocycles. The Kier molecular flexibility index (Phi) is 16.9. The number of carbonyl (C=O) groups excluding carboxylic acids is 1. The third-order valence-corrected chi connectivity index (χ3v) is 6.27. The van der Waals surface area contributed by atoms with Crippen molar-refractivity contribution in [2.45, 2.75) is 131 Å². The molecule has 0 aromatic rings. The molecule has 3 heteroatoms. The van der Waals surface area contributed by atoms with Gasteiger partial charge >= 0.3 is 5.97 Å². The summed E-state index contributed by atoms with van der Waals surface area (Å²) in [6.45, 7) is 10.7. The largest absolute Gasteiger partial charge is 0.481 e. The molecule has 1 N–H and O–H groups in total. The standard InChI is InChI=1S/C27H50O3/c1-6-8-9-10-13-16-19-23(25(22-26(29)30)27(3,4)5)20-17-14-11-12-15-18-21-24(28)7-2/h17,20,23,25H,6-16,18-19,21-22H2,1-5H3,(H,29,30)/b20-17+. The van der Waals surface area contributed by atoms with Crippen LogP contribution in [0.3, 0.4) is 0 Å². The highest BCUT2D eigenvalue weighted by Crippen LogP contribution is 2.38. The number of carboxylic acids is 1. The molecule has 2 unspecified atom stereocenters. The molecule has 0 amide bonds. The zero-order valence-corrected chi connectivity index (χ0v) is 20.7. The van der Waals surface area contributed by atoms with Gasteiger partial charge in [0.2, 0.25) is 0 Å². The third-order valence-electron chi connectivity index (χ3n) is 6.27. The van der Waals surface area contributed by atoms with Gasteiger partial charge in [0.15, 0.2) is 0 Å². The Balaban J connectivity index is 4.60. The molecule has 0 aromatic heterocycles. The van der Waals surface area contributed by atoms with E-state index in [1.165, 1.54) is 44.9 Å². The first-order valence-corrected chi connectivity index (χ1v) is 12.6. The molecular formula is C27H50O3. The molecule has 0 heterocycles. The number of rotatable bonds is 19.